The maximum Gasteiger partial charge on any atom is 0.418 e. The van der Waals surface area contributed by atoms with Crippen LogP contribution in [0.1, 0.15) is 52.5 Å². The molecule has 2 atom stereocenters. The summed E-state index contributed by atoms with van der Waals surface area (Å²) in [5.41, 5.74) is -0.713. The van der Waals surface area contributed by atoms with Crippen molar-refractivity contribution in [2.24, 2.45) is 10.9 Å². The van der Waals surface area contributed by atoms with E-state index in [4.69, 9.17) is 9.73 Å². The molecule has 0 saturated carbocycles. The van der Waals surface area contributed by atoms with E-state index >= 15 is 0 Å². The van der Waals surface area contributed by atoms with Crippen molar-refractivity contribution < 1.29 is 27.5 Å². The van der Waals surface area contributed by atoms with Crippen molar-refractivity contribution in [2.75, 3.05) is 11.9 Å². The van der Waals surface area contributed by atoms with Crippen LogP contribution in [0.5, 0.6) is 5.75 Å². The Balaban J connectivity index is 1.85. The van der Waals surface area contributed by atoms with Gasteiger partial charge in [0.1, 0.15) is 16.7 Å². The fraction of sp³-hybridized carbons (Fsp3) is 0.444. The number of hydrogen-bond donors (Lipinski definition) is 1. The summed E-state index contributed by atoms with van der Waals surface area (Å²) in [6.07, 6.45) is -3.25. The highest BCUT2D eigenvalue weighted by atomic mass is 32.2. The molecule has 1 saturated heterocycles. The summed E-state index contributed by atoms with van der Waals surface area (Å²) in [5.74, 6) is 0.0638. The molecule has 2 amide bonds. The first-order chi connectivity index (χ1) is 17.5. The summed E-state index contributed by atoms with van der Waals surface area (Å²) < 4.78 is 45.7. The number of amides is 2. The van der Waals surface area contributed by atoms with Crippen LogP contribution in [-0.4, -0.2) is 39.8 Å². The van der Waals surface area contributed by atoms with Gasteiger partial charge in [0.05, 0.1) is 17.9 Å². The fourth-order valence-electron chi connectivity index (χ4n) is 3.94. The monoisotopic (exact) mass is 535 g/mol. The van der Waals surface area contributed by atoms with Gasteiger partial charge in [-0.2, -0.15) is 13.2 Å². The third kappa shape index (κ3) is 7.50. The zero-order chi connectivity index (χ0) is 27.2. The van der Waals surface area contributed by atoms with E-state index in [1.165, 1.54) is 18.2 Å². The second-order valence-corrected chi connectivity index (χ2v) is 10.4. The molecule has 2 aromatic carbocycles. The van der Waals surface area contributed by atoms with Crippen LogP contribution in [0.3, 0.4) is 0 Å². The van der Waals surface area contributed by atoms with Gasteiger partial charge in [0, 0.05) is 12.5 Å². The minimum atomic E-state index is -4.61. The standard InChI is InChI=1S/C27H32F3N3O3S/c1-5-36-22-13-9-8-12-21(22)32-26-33(18(4)15-14-17(2)3)25(35)23(37-26)16-24(34)31-20-11-7-6-10-19(20)27(28,29)30/h6-13,17-18,23H,5,14-16H2,1-4H3,(H,31,34)/t18-,23+/m0/s1. The number of rotatable bonds is 10. The van der Waals surface area contributed by atoms with Crippen molar-refractivity contribution in [1.82, 2.24) is 4.90 Å². The normalized spacial score (nSPS) is 17.9. The minimum Gasteiger partial charge on any atom is -0.492 e. The average molecular weight is 536 g/mol. The number of aliphatic imine (C=N–C) groups is 1. The molecule has 0 aliphatic carbocycles. The van der Waals surface area contributed by atoms with Crippen LogP contribution in [0.15, 0.2) is 53.5 Å². The molecule has 1 fully saturated rings. The smallest absolute Gasteiger partial charge is 0.418 e. The van der Waals surface area contributed by atoms with Gasteiger partial charge in [0.25, 0.3) is 0 Å². The number of benzene rings is 2. The third-order valence-corrected chi connectivity index (χ3v) is 6.98. The van der Waals surface area contributed by atoms with Gasteiger partial charge in [-0.1, -0.05) is 49.9 Å². The molecule has 1 aliphatic rings. The van der Waals surface area contributed by atoms with Crippen LogP contribution in [0.4, 0.5) is 24.5 Å². The Bertz CT molecular complexity index is 1140. The summed E-state index contributed by atoms with van der Waals surface area (Å²) in [6, 6.07) is 11.8. The molecule has 0 unspecified atom stereocenters. The topological polar surface area (TPSA) is 71.0 Å². The van der Waals surface area contributed by atoms with Gasteiger partial charge >= 0.3 is 6.18 Å². The number of halogens is 3. The number of amidine groups is 1. The van der Waals surface area contributed by atoms with Crippen LogP contribution in [0, 0.1) is 5.92 Å². The molecule has 200 valence electrons. The number of anilines is 1. The van der Waals surface area contributed by atoms with Crippen molar-refractivity contribution in [3.63, 3.8) is 0 Å². The Morgan fingerprint density at radius 1 is 1.11 bits per heavy atom. The summed E-state index contributed by atoms with van der Waals surface area (Å²) in [7, 11) is 0. The summed E-state index contributed by atoms with van der Waals surface area (Å²) in [4.78, 5) is 32.5. The Labute approximate surface area is 219 Å². The molecule has 6 nitrogen and oxygen atoms in total. The molecule has 2 aromatic rings. The van der Waals surface area contributed by atoms with Crippen molar-refractivity contribution in [1.29, 1.82) is 0 Å². The van der Waals surface area contributed by atoms with Gasteiger partial charge in [-0.3, -0.25) is 14.5 Å². The molecule has 0 bridgehead atoms. The van der Waals surface area contributed by atoms with E-state index in [0.717, 1.165) is 30.7 Å². The number of ether oxygens (including phenoxy) is 1. The fourth-order valence-corrected chi connectivity index (χ4v) is 5.18. The molecule has 0 spiro atoms. The Morgan fingerprint density at radius 2 is 1.78 bits per heavy atom. The second-order valence-electron chi connectivity index (χ2n) is 9.23. The van der Waals surface area contributed by atoms with E-state index in [2.05, 4.69) is 19.2 Å². The first kappa shape index (κ1) is 28.6. The van der Waals surface area contributed by atoms with Gasteiger partial charge in [-0.15, -0.1) is 0 Å². The minimum absolute atomic E-state index is 0.167. The highest BCUT2D eigenvalue weighted by Gasteiger charge is 2.42. The SMILES string of the molecule is CCOc1ccccc1N=C1S[C@H](CC(=O)Nc2ccccc2C(F)(F)F)C(=O)N1[C@@H](C)CCC(C)C. The second kappa shape index (κ2) is 12.5. The predicted octanol–water partition coefficient (Wildman–Crippen LogP) is 6.89. The molecular weight excluding hydrogens is 503 g/mol. The number of carbonyl (C=O) groups excluding carboxylic acids is 2. The van der Waals surface area contributed by atoms with E-state index < -0.39 is 22.9 Å². The first-order valence-corrected chi connectivity index (χ1v) is 13.2. The number of hydrogen-bond acceptors (Lipinski definition) is 5. The average Bonchev–Trinajstić information content (AvgIpc) is 3.12. The molecular formula is C27H32F3N3O3S. The number of nitrogens with one attached hydrogen (secondary N) is 1. The maximum atomic E-state index is 13.5. The van der Waals surface area contributed by atoms with Crippen molar-refractivity contribution >= 4 is 40.1 Å². The lowest BCUT2D eigenvalue weighted by Crippen LogP contribution is -2.40. The molecule has 0 aromatic heterocycles. The highest BCUT2D eigenvalue weighted by molar-refractivity contribution is 8.15. The Kier molecular flexibility index (Phi) is 9.64. The van der Waals surface area contributed by atoms with E-state index in [0.29, 0.717) is 29.1 Å². The lowest BCUT2D eigenvalue weighted by atomic mass is 10.0. The number of para-hydroxylation sites is 3. The lowest BCUT2D eigenvalue weighted by molar-refractivity contribution is -0.137. The van der Waals surface area contributed by atoms with E-state index in [-0.39, 0.29) is 24.1 Å². The van der Waals surface area contributed by atoms with Crippen LogP contribution < -0.4 is 10.1 Å². The van der Waals surface area contributed by atoms with Gasteiger partial charge < -0.3 is 10.1 Å². The number of thioether (sulfide) groups is 1. The van der Waals surface area contributed by atoms with Gasteiger partial charge in [-0.25, -0.2) is 4.99 Å². The number of alkyl halides is 3. The Hall–Kier alpha value is -3.01. The summed E-state index contributed by atoms with van der Waals surface area (Å²) in [6.45, 7) is 8.46. The van der Waals surface area contributed by atoms with Gasteiger partial charge in [0.2, 0.25) is 11.8 Å². The first-order valence-electron chi connectivity index (χ1n) is 12.3. The maximum absolute atomic E-state index is 13.5. The van der Waals surface area contributed by atoms with Crippen LogP contribution in [0.2, 0.25) is 0 Å². The molecule has 0 radical (unpaired) electrons. The van der Waals surface area contributed by atoms with Gasteiger partial charge in [-0.05, 0) is 56.9 Å². The molecule has 10 heteroatoms. The van der Waals surface area contributed by atoms with Crippen molar-refractivity contribution in [3.05, 3.63) is 54.1 Å². The predicted molar refractivity (Wildman–Crippen MR) is 141 cm³/mol. The molecule has 1 N–H and O–H groups in total. The quantitative estimate of drug-likeness (QED) is 0.360. The summed E-state index contributed by atoms with van der Waals surface area (Å²) in [5, 5.41) is 1.97. The Morgan fingerprint density at radius 3 is 2.46 bits per heavy atom. The lowest BCUT2D eigenvalue weighted by Gasteiger charge is -2.25. The largest absolute Gasteiger partial charge is 0.492 e. The van der Waals surface area contributed by atoms with Crippen LogP contribution in [-0.2, 0) is 15.8 Å². The zero-order valence-corrected chi connectivity index (χ0v) is 22.2. The van der Waals surface area contributed by atoms with Crippen molar-refractivity contribution in [2.45, 2.75) is 64.4 Å². The van der Waals surface area contributed by atoms with E-state index in [9.17, 15) is 22.8 Å². The molecule has 1 aliphatic heterocycles. The molecule has 3 rings (SSSR count). The van der Waals surface area contributed by atoms with Gasteiger partial charge in [0.15, 0.2) is 5.17 Å². The highest BCUT2D eigenvalue weighted by Crippen LogP contribution is 2.38. The molecule has 37 heavy (non-hydrogen) atoms. The summed E-state index contributed by atoms with van der Waals surface area (Å²) >= 11 is 1.15. The van der Waals surface area contributed by atoms with E-state index in [1.807, 2.05) is 26.0 Å². The third-order valence-electron chi connectivity index (χ3n) is 5.83. The zero-order valence-electron chi connectivity index (χ0n) is 21.3. The van der Waals surface area contributed by atoms with E-state index in [1.54, 1.807) is 17.0 Å². The number of nitrogens with zero attached hydrogens (tertiary/aromatic N) is 2. The molecule has 1 heterocycles. The van der Waals surface area contributed by atoms with Crippen LogP contribution in [0.25, 0.3) is 0 Å². The number of carbonyl (C=O) groups is 2. The van der Waals surface area contributed by atoms with Crippen molar-refractivity contribution in [3.8, 4) is 5.75 Å². The van der Waals surface area contributed by atoms with Crippen LogP contribution >= 0.6 is 11.8 Å².